The molecule has 15 heterocycles. The van der Waals surface area contributed by atoms with Gasteiger partial charge in [0.15, 0.2) is 72.1 Å². The van der Waals surface area contributed by atoms with Crippen molar-refractivity contribution in [2.24, 2.45) is 0 Å². The number of thioether (sulfide) groups is 3. The van der Waals surface area contributed by atoms with Crippen LogP contribution in [0.15, 0.2) is 54.2 Å². The Morgan fingerprint density at radius 1 is 0.536 bits per heavy atom. The molecule has 0 saturated carbocycles. The third-order valence-corrected chi connectivity index (χ3v) is 20.6. The lowest BCUT2D eigenvalue weighted by Gasteiger charge is -2.31. The zero-order valence-electron chi connectivity index (χ0n) is 62.7. The van der Waals surface area contributed by atoms with E-state index in [0.29, 0.717) is 105 Å². The third-order valence-electron chi connectivity index (χ3n) is 16.8. The molecule has 16 rings (SSSR count). The van der Waals surface area contributed by atoms with E-state index in [0.717, 1.165) is 227 Å². The number of urea groups is 1. The number of carbonyl (C=O) groups is 2. The van der Waals surface area contributed by atoms with Crippen molar-refractivity contribution in [1.29, 1.82) is 5.26 Å². The lowest BCUT2D eigenvalue weighted by molar-refractivity contribution is -0.126. The largest absolute Gasteiger partial charge is 0.489 e. The number of anilines is 3. The zero-order valence-corrected chi connectivity index (χ0v) is 69.0. The molecule has 42 heteroatoms. The van der Waals surface area contributed by atoms with E-state index in [1.807, 2.05) is 49.1 Å². The number of sulfone groups is 2. The molecule has 0 atom stereocenters. The molecule has 0 unspecified atom stereocenters. The van der Waals surface area contributed by atoms with Crippen molar-refractivity contribution in [3.63, 3.8) is 0 Å². The van der Waals surface area contributed by atoms with Crippen LogP contribution in [0.25, 0.3) is 11.4 Å². The number of thiocyanates is 1. The Hall–Kier alpha value is -8.17. The quantitative estimate of drug-likeness (QED) is 0.0457. The molecule has 0 spiro atoms. The number of hydrogen-bond acceptors (Lipinski definition) is 33. The van der Waals surface area contributed by atoms with Gasteiger partial charge in [0.25, 0.3) is 5.56 Å². The van der Waals surface area contributed by atoms with Crippen LogP contribution < -0.4 is 60.1 Å². The number of H-pyrrole nitrogens is 2. The predicted molar refractivity (Wildman–Crippen MR) is 424 cm³/mol. The van der Waals surface area contributed by atoms with Crippen LogP contribution >= 0.6 is 70.1 Å². The minimum absolute atomic E-state index is 0.0798. The van der Waals surface area contributed by atoms with Crippen LogP contribution in [-0.2, 0) is 77.2 Å². The molecule has 9 aliphatic rings. The Bertz CT molecular complexity index is 4750. The number of aromatic nitrogens is 12. The summed E-state index contributed by atoms with van der Waals surface area (Å²) in [6.45, 7) is 13.4. The van der Waals surface area contributed by atoms with Gasteiger partial charge in [0.1, 0.15) is 17.0 Å². The summed E-state index contributed by atoms with van der Waals surface area (Å²) < 4.78 is 94.6. The first-order valence-corrected chi connectivity index (χ1v) is 44.5. The molecule has 6 aromatic heterocycles. The molecule has 112 heavy (non-hydrogen) atoms. The average molecular weight is 1710 g/mol. The molecule has 2 amide bonds. The maximum atomic E-state index is 11.7. The number of nitrogens with zero attached hydrogens (tertiary/aromatic N) is 13. The van der Waals surface area contributed by atoms with Gasteiger partial charge in [-0.1, -0.05) is 23.4 Å². The summed E-state index contributed by atoms with van der Waals surface area (Å²) in [5, 5.41) is 16.7. The second kappa shape index (κ2) is 43.9. The molecule has 606 valence electrons. The van der Waals surface area contributed by atoms with Crippen molar-refractivity contribution < 1.29 is 69.1 Å². The van der Waals surface area contributed by atoms with Gasteiger partial charge in [0.05, 0.1) is 100 Å². The lowest BCUT2D eigenvalue weighted by Crippen LogP contribution is -2.37. The van der Waals surface area contributed by atoms with Crippen molar-refractivity contribution in [3.8, 4) is 51.3 Å². The fraction of sp³-hybridized carbons (Fsp3) is 0.529. The van der Waals surface area contributed by atoms with Crippen LogP contribution in [0.1, 0.15) is 92.5 Å². The Morgan fingerprint density at radius 2 is 1.03 bits per heavy atom. The fourth-order valence-corrected chi connectivity index (χ4v) is 14.6. The predicted octanol–water partition coefficient (Wildman–Crippen LogP) is 8.29. The third kappa shape index (κ3) is 25.9. The number of nitriles is 1. The Kier molecular flexibility index (Phi) is 34.4. The van der Waals surface area contributed by atoms with Gasteiger partial charge in [-0.15, -0.1) is 11.8 Å². The van der Waals surface area contributed by atoms with Crippen LogP contribution in [0, 0.1) is 10.7 Å². The first-order chi connectivity index (χ1) is 54.0. The Morgan fingerprint density at radius 3 is 1.54 bits per heavy atom. The van der Waals surface area contributed by atoms with Gasteiger partial charge < -0.3 is 68.0 Å². The lowest BCUT2D eigenvalue weighted by atomic mass is 10.1. The van der Waals surface area contributed by atoms with Crippen LogP contribution in [0.3, 0.4) is 0 Å². The molecule has 3 fully saturated rings. The average Bonchev–Trinajstić information content (AvgIpc) is 0.737. The SMILES string of the molecule is CCNC(=O)Nc1ccc(-c2nc3c(c(N4CCOCC4)n2)OCCC3)cc1.CS(=O)(=O)c1nc2c(c(S(C)(=O)=O)n1)OCCC2.CSC#N.CSc1nc2c(c(SC)n1)OCCC2.Clc1nc(Cl)c2c(n1)CCCO2.Clc1nc2c(c(N3CCOCC3)n1)OCCC2.O=C1CCCOC1.O=c1[nH]c2c(c(=O)[nH]1)OCCC2. The molecular weight excluding hydrogens is 1620 g/mol. The number of fused-ring (bicyclic) bond motifs is 6. The Balaban J connectivity index is 0.000000153. The van der Waals surface area contributed by atoms with Crippen molar-refractivity contribution >= 4 is 119 Å². The first-order valence-electron chi connectivity index (χ1n) is 35.9. The molecule has 34 nitrogen and oxygen atoms in total. The molecular formula is C70H88Cl3N17O17S5. The number of amides is 2. The van der Waals surface area contributed by atoms with E-state index in [9.17, 15) is 36.0 Å². The van der Waals surface area contributed by atoms with E-state index in [2.05, 4.69) is 70.3 Å². The topological polar surface area (TPSA) is 434 Å². The first kappa shape index (κ1) is 87.8. The van der Waals surface area contributed by atoms with E-state index in [1.165, 1.54) is 0 Å². The minimum atomic E-state index is -3.67. The van der Waals surface area contributed by atoms with Crippen molar-refractivity contribution in [1.82, 2.24) is 65.1 Å². The highest BCUT2D eigenvalue weighted by molar-refractivity contribution is 8.03. The van der Waals surface area contributed by atoms with Gasteiger partial charge in [0, 0.05) is 69.5 Å². The van der Waals surface area contributed by atoms with E-state index in [4.69, 9.17) is 92.7 Å². The summed E-state index contributed by atoms with van der Waals surface area (Å²) in [5.41, 5.74) is 5.43. The molecule has 0 aliphatic carbocycles. The van der Waals surface area contributed by atoms with Crippen LogP contribution in [0.5, 0.6) is 34.5 Å². The highest BCUT2D eigenvalue weighted by Crippen LogP contribution is 2.39. The second-order valence-corrected chi connectivity index (χ2v) is 32.1. The van der Waals surface area contributed by atoms with Gasteiger partial charge in [-0.05, 0) is 168 Å². The smallest absolute Gasteiger partial charge is 0.326 e. The van der Waals surface area contributed by atoms with Crippen molar-refractivity contribution in [2.75, 3.05) is 158 Å². The molecule has 4 N–H and O–H groups in total. The van der Waals surface area contributed by atoms with Crippen LogP contribution in [-0.4, -0.2) is 232 Å². The number of benzene rings is 1. The molecule has 7 aromatic rings. The minimum Gasteiger partial charge on any atom is -0.489 e. The molecule has 1 aromatic carbocycles. The summed E-state index contributed by atoms with van der Waals surface area (Å²) in [6.07, 6.45) is 19.6. The number of halogens is 3. The summed E-state index contributed by atoms with van der Waals surface area (Å²) in [7, 11) is -7.33. The number of ether oxygens (including phenoxy) is 9. The molecule has 0 bridgehead atoms. The molecule has 0 radical (unpaired) electrons. The summed E-state index contributed by atoms with van der Waals surface area (Å²) in [6, 6.07) is 7.36. The number of ketones is 1. The summed E-state index contributed by atoms with van der Waals surface area (Å²) in [4.78, 5) is 95.2. The van der Waals surface area contributed by atoms with Gasteiger partial charge in [-0.3, -0.25) is 14.6 Å². The highest BCUT2D eigenvalue weighted by Gasteiger charge is 2.30. The zero-order chi connectivity index (χ0) is 80.2. The van der Waals surface area contributed by atoms with Gasteiger partial charge >= 0.3 is 11.7 Å². The number of rotatable bonds is 9. The molecule has 9 aliphatic heterocycles. The van der Waals surface area contributed by atoms with Crippen LogP contribution in [0.4, 0.5) is 22.1 Å². The monoisotopic (exact) mass is 1700 g/mol. The number of morpholine rings is 2. The number of carbonyl (C=O) groups excluding carboxylic acids is 2. The number of aromatic amines is 2. The number of nitrogens with one attached hydrogen (secondary N) is 4. The molecule has 3 saturated heterocycles. The normalized spacial score (nSPS) is 16.2. The summed E-state index contributed by atoms with van der Waals surface area (Å²) >= 11 is 21.7. The van der Waals surface area contributed by atoms with Gasteiger partial charge in [-0.2, -0.15) is 10.2 Å². The fourth-order valence-electron chi connectivity index (χ4n) is 11.6. The highest BCUT2D eigenvalue weighted by atomic mass is 35.5. The van der Waals surface area contributed by atoms with E-state index >= 15 is 0 Å². The number of Topliss-reactive ketones (excluding diaryl/α,β-unsaturated/α-hetero) is 1. The van der Waals surface area contributed by atoms with Crippen LogP contribution in [0.2, 0.25) is 15.7 Å². The number of aryl methyl sites for hydroxylation is 6. The van der Waals surface area contributed by atoms with Gasteiger partial charge in [0.2, 0.25) is 36.3 Å². The van der Waals surface area contributed by atoms with Crippen molar-refractivity contribution in [2.45, 2.75) is 117 Å². The van der Waals surface area contributed by atoms with Gasteiger partial charge in [-0.25, -0.2) is 71.3 Å². The Labute approximate surface area is 675 Å². The second-order valence-electron chi connectivity index (χ2n) is 25.1. The summed E-state index contributed by atoms with van der Waals surface area (Å²) in [5.74, 6) is 6.05. The van der Waals surface area contributed by atoms with E-state index in [1.54, 1.807) is 29.8 Å². The van der Waals surface area contributed by atoms with E-state index < -0.39 is 36.1 Å². The maximum absolute atomic E-state index is 11.7. The van der Waals surface area contributed by atoms with Crippen molar-refractivity contribution in [3.05, 3.63) is 95.0 Å². The maximum Gasteiger partial charge on any atom is 0.326 e. The number of hydrogen-bond donors (Lipinski definition) is 4. The standard InChI is InChI=1S/C20H25N5O3.C11H14ClN3O2.C9H12N2O5S2.C9H12N2OS2.C7H6Cl2N2O.C7H8N2O3.C5H8O2.C2H3NS/c1-2-21-20(26)22-15-7-5-14(6-8-15)18-23-16-4-3-11-28-17(16)19(24-18)25-9-12-27-13-10-25;12-11-13-8-2-1-5-17-9(8)10(14-11)15-3-6-16-7-4-15;1-17(12,13)8-7-6(4-3-5-16-7)10-9(11-8)18(2,14)15;1-13-8-7-6(4-3-5-12-7)10-9(11-8)14-2;8-6-5-4(2-1-3-12-5)10-7(9)11-6;10-6-5-4(2-1-3-12-5)8-7(11)9-6;6-5-2-1-3-7-4-5;1-4-2-3/h5-8H,2-4,9-13H2,1H3,(H2,21,22,26);1-7H2;3-5H2,1-2H3;3-5H2,1-2H3;1-3H2;1-3H2,(H2,8,9,10,11);1-4H2;1H3. The van der Waals surface area contributed by atoms with E-state index in [-0.39, 0.29) is 33.6 Å².